The van der Waals surface area contributed by atoms with E-state index in [1.165, 1.54) is 20.3 Å². The van der Waals surface area contributed by atoms with Crippen LogP contribution in [0.3, 0.4) is 0 Å². The second kappa shape index (κ2) is 4.86. The molecule has 1 saturated carbocycles. The molecule has 1 aliphatic rings. The first kappa shape index (κ1) is 14.4. The molecule has 1 aromatic heterocycles. The van der Waals surface area contributed by atoms with E-state index < -0.39 is 17.2 Å². The van der Waals surface area contributed by atoms with Crippen LogP contribution in [0.1, 0.15) is 25.1 Å². The molecule has 2 unspecified atom stereocenters. The van der Waals surface area contributed by atoms with Gasteiger partial charge in [0.2, 0.25) is 17.4 Å². The normalized spacial score (nSPS) is 29.2. The van der Waals surface area contributed by atoms with Crippen molar-refractivity contribution in [2.45, 2.75) is 30.5 Å². The lowest BCUT2D eigenvalue weighted by molar-refractivity contribution is -0.171. The summed E-state index contributed by atoms with van der Waals surface area (Å²) < 4.78 is 24.5. The van der Waals surface area contributed by atoms with E-state index in [0.29, 0.717) is 0 Å². The van der Waals surface area contributed by atoms with Gasteiger partial charge in [-0.3, -0.25) is 0 Å². The molecule has 1 fully saturated rings. The van der Waals surface area contributed by atoms with Crippen molar-refractivity contribution in [3.63, 3.8) is 0 Å². The van der Waals surface area contributed by atoms with Gasteiger partial charge in [-0.15, -0.1) is 0 Å². The molecule has 2 atom stereocenters. The summed E-state index contributed by atoms with van der Waals surface area (Å²) in [7, 11) is 2.67. The maximum absolute atomic E-state index is 14.6. The predicted octanol–water partition coefficient (Wildman–Crippen LogP) is 0.658. The van der Waals surface area contributed by atoms with Gasteiger partial charge < -0.3 is 19.7 Å². The first-order valence-corrected chi connectivity index (χ1v) is 5.99. The minimum absolute atomic E-state index is 0.0555. The van der Waals surface area contributed by atoms with Gasteiger partial charge >= 0.3 is 5.97 Å². The van der Waals surface area contributed by atoms with Gasteiger partial charge in [0, 0.05) is 0 Å². The molecule has 7 nitrogen and oxygen atoms in total. The lowest BCUT2D eigenvalue weighted by atomic mass is 9.87. The summed E-state index contributed by atoms with van der Waals surface area (Å²) in [5.74, 6) is -1.97. The number of nitrogens with zero attached hydrogens (tertiary/aromatic N) is 2. The molecule has 0 bridgehead atoms. The molecule has 1 aliphatic carbocycles. The van der Waals surface area contributed by atoms with Crippen molar-refractivity contribution >= 4 is 5.97 Å². The standard InChI is InChI=1S/C12H15FN2O5/c1-19-7-6-8(20-2)15-9(14-7)12(18)5-3-4-11(12,13)10(16)17/h6,18H,3-5H2,1-2H3,(H,16,17). The van der Waals surface area contributed by atoms with E-state index in [-0.39, 0.29) is 36.8 Å². The minimum Gasteiger partial charge on any atom is -0.481 e. The third-order valence-corrected chi connectivity index (χ3v) is 3.52. The number of alkyl halides is 1. The second-order valence-electron chi connectivity index (χ2n) is 4.60. The summed E-state index contributed by atoms with van der Waals surface area (Å²) in [6.45, 7) is 0. The Balaban J connectivity index is 2.56. The first-order valence-electron chi connectivity index (χ1n) is 5.99. The molecule has 2 rings (SSSR count). The maximum Gasteiger partial charge on any atom is 0.345 e. The van der Waals surface area contributed by atoms with Crippen LogP contribution in [0.15, 0.2) is 6.07 Å². The molecule has 0 amide bonds. The van der Waals surface area contributed by atoms with E-state index in [2.05, 4.69) is 9.97 Å². The topological polar surface area (TPSA) is 102 Å². The summed E-state index contributed by atoms with van der Waals surface area (Å²) >= 11 is 0. The maximum atomic E-state index is 14.6. The van der Waals surface area contributed by atoms with E-state index in [1.807, 2.05) is 0 Å². The Bertz CT molecular complexity index is 518. The van der Waals surface area contributed by atoms with Crippen molar-refractivity contribution in [1.29, 1.82) is 0 Å². The molecule has 0 saturated heterocycles. The summed E-state index contributed by atoms with van der Waals surface area (Å²) in [4.78, 5) is 18.9. The monoisotopic (exact) mass is 286 g/mol. The van der Waals surface area contributed by atoms with Crippen LogP contribution in [0.4, 0.5) is 4.39 Å². The molecule has 0 aromatic carbocycles. The van der Waals surface area contributed by atoms with Gasteiger partial charge in [-0.05, 0) is 19.3 Å². The van der Waals surface area contributed by atoms with Crippen LogP contribution in [0.5, 0.6) is 11.8 Å². The second-order valence-corrected chi connectivity index (χ2v) is 4.60. The Morgan fingerprint density at radius 2 is 1.85 bits per heavy atom. The number of carbonyl (C=O) groups is 1. The van der Waals surface area contributed by atoms with Gasteiger partial charge in [0.25, 0.3) is 0 Å². The van der Waals surface area contributed by atoms with E-state index >= 15 is 0 Å². The number of halogens is 1. The van der Waals surface area contributed by atoms with Crippen LogP contribution >= 0.6 is 0 Å². The third kappa shape index (κ3) is 1.96. The number of methoxy groups -OCH3 is 2. The number of ether oxygens (including phenoxy) is 2. The van der Waals surface area contributed by atoms with Gasteiger partial charge in [-0.25, -0.2) is 9.18 Å². The van der Waals surface area contributed by atoms with Crippen molar-refractivity contribution in [2.24, 2.45) is 0 Å². The highest BCUT2D eigenvalue weighted by Gasteiger charge is 2.63. The molecule has 0 radical (unpaired) electrons. The summed E-state index contributed by atoms with van der Waals surface area (Å²) in [6, 6.07) is 1.35. The number of aliphatic carboxylic acids is 1. The zero-order chi connectivity index (χ0) is 15.0. The lowest BCUT2D eigenvalue weighted by Crippen LogP contribution is -2.51. The first-order chi connectivity index (χ1) is 9.37. The van der Waals surface area contributed by atoms with Crippen molar-refractivity contribution in [3.05, 3.63) is 11.9 Å². The van der Waals surface area contributed by atoms with Crippen LogP contribution in [0.2, 0.25) is 0 Å². The van der Waals surface area contributed by atoms with Gasteiger partial charge in [0.05, 0.1) is 20.3 Å². The zero-order valence-corrected chi connectivity index (χ0v) is 11.1. The Kier molecular flexibility index (Phi) is 3.51. The molecule has 110 valence electrons. The van der Waals surface area contributed by atoms with Crippen molar-refractivity contribution < 1.29 is 28.9 Å². The number of carboxylic acids is 1. The Hall–Kier alpha value is -1.96. The van der Waals surface area contributed by atoms with E-state index in [0.717, 1.165) is 0 Å². The quantitative estimate of drug-likeness (QED) is 0.838. The smallest absolute Gasteiger partial charge is 0.345 e. The number of hydrogen-bond donors (Lipinski definition) is 2. The molecular weight excluding hydrogens is 271 g/mol. The average Bonchev–Trinajstić information content (AvgIpc) is 2.76. The van der Waals surface area contributed by atoms with Crippen molar-refractivity contribution in [1.82, 2.24) is 9.97 Å². The molecule has 0 spiro atoms. The molecule has 2 N–H and O–H groups in total. The Morgan fingerprint density at radius 1 is 1.30 bits per heavy atom. The van der Waals surface area contributed by atoms with Gasteiger partial charge in [-0.1, -0.05) is 0 Å². The third-order valence-electron chi connectivity index (χ3n) is 3.52. The van der Waals surface area contributed by atoms with Crippen LogP contribution in [-0.4, -0.2) is 46.0 Å². The number of rotatable bonds is 4. The Labute approximate surface area is 114 Å². The van der Waals surface area contributed by atoms with Crippen molar-refractivity contribution in [2.75, 3.05) is 14.2 Å². The highest BCUT2D eigenvalue weighted by atomic mass is 19.1. The van der Waals surface area contributed by atoms with Crippen LogP contribution in [-0.2, 0) is 10.4 Å². The summed E-state index contributed by atoms with van der Waals surface area (Å²) in [6.07, 6.45) is -0.184. The largest absolute Gasteiger partial charge is 0.481 e. The summed E-state index contributed by atoms with van der Waals surface area (Å²) in [5, 5.41) is 19.6. The molecule has 0 aliphatic heterocycles. The number of aromatic nitrogens is 2. The highest BCUT2D eigenvalue weighted by Crippen LogP contribution is 2.48. The molecule has 1 heterocycles. The van der Waals surface area contributed by atoms with Gasteiger partial charge in [0.1, 0.15) is 0 Å². The lowest BCUT2D eigenvalue weighted by Gasteiger charge is -2.31. The van der Waals surface area contributed by atoms with E-state index in [4.69, 9.17) is 14.6 Å². The number of carboxylic acid groups (broad SMARTS) is 1. The number of hydrogen-bond acceptors (Lipinski definition) is 6. The van der Waals surface area contributed by atoms with E-state index in [9.17, 15) is 14.3 Å². The van der Waals surface area contributed by atoms with Gasteiger partial charge in [-0.2, -0.15) is 9.97 Å². The fraction of sp³-hybridized carbons (Fsp3) is 0.583. The molecule has 8 heteroatoms. The fourth-order valence-corrected chi connectivity index (χ4v) is 2.36. The predicted molar refractivity (Wildman–Crippen MR) is 64.4 cm³/mol. The summed E-state index contributed by atoms with van der Waals surface area (Å²) in [5.41, 5.74) is -5.13. The average molecular weight is 286 g/mol. The molecule has 1 aromatic rings. The Morgan fingerprint density at radius 3 is 2.30 bits per heavy atom. The van der Waals surface area contributed by atoms with Crippen LogP contribution in [0, 0.1) is 0 Å². The van der Waals surface area contributed by atoms with Crippen LogP contribution < -0.4 is 9.47 Å². The van der Waals surface area contributed by atoms with Gasteiger partial charge in [0.15, 0.2) is 11.4 Å². The number of aliphatic hydroxyl groups is 1. The molecular formula is C12H15FN2O5. The fourth-order valence-electron chi connectivity index (χ4n) is 2.36. The van der Waals surface area contributed by atoms with Crippen molar-refractivity contribution in [3.8, 4) is 11.8 Å². The highest BCUT2D eigenvalue weighted by molar-refractivity contribution is 5.80. The van der Waals surface area contributed by atoms with Crippen LogP contribution in [0.25, 0.3) is 0 Å². The molecule has 20 heavy (non-hydrogen) atoms. The minimum atomic E-state index is -2.83. The SMILES string of the molecule is COc1cc(OC)nc(C2(O)CCCC2(F)C(=O)O)n1. The zero-order valence-electron chi connectivity index (χ0n) is 11.1. The van der Waals surface area contributed by atoms with E-state index in [1.54, 1.807) is 0 Å².